The Kier molecular flexibility index (Phi) is 1.67. The van der Waals surface area contributed by atoms with Crippen molar-refractivity contribution in [2.45, 2.75) is 0 Å². The highest BCUT2D eigenvalue weighted by Gasteiger charge is 2.21. The molecular formula is C24H12. The van der Waals surface area contributed by atoms with Crippen LogP contribution in [0.1, 0.15) is 0 Å². The first kappa shape index (κ1) is 11.4. The molecule has 0 saturated carbocycles. The highest BCUT2D eigenvalue weighted by atomic mass is 14.2. The highest BCUT2D eigenvalue weighted by Crippen LogP contribution is 2.50. The molecule has 0 aromatic heterocycles. The van der Waals surface area contributed by atoms with Gasteiger partial charge in [-0.2, -0.15) is 0 Å². The lowest BCUT2D eigenvalue weighted by Gasteiger charge is -2.10. The van der Waals surface area contributed by atoms with E-state index in [-0.39, 0.29) is 0 Å². The summed E-state index contributed by atoms with van der Waals surface area (Å²) in [5.41, 5.74) is 0. The van der Waals surface area contributed by atoms with Gasteiger partial charge in [-0.3, -0.25) is 0 Å². The average Bonchev–Trinajstić information content (AvgIpc) is 3.01. The summed E-state index contributed by atoms with van der Waals surface area (Å²) in [5, 5.41) is 16.9. The second kappa shape index (κ2) is 3.52. The lowest BCUT2D eigenvalue weighted by atomic mass is 9.93. The van der Waals surface area contributed by atoms with Crippen LogP contribution in [0.5, 0.6) is 0 Å². The van der Waals surface area contributed by atoms with Crippen LogP contribution in [0.15, 0.2) is 72.8 Å². The van der Waals surface area contributed by atoms with Gasteiger partial charge in [0, 0.05) is 0 Å². The molecule has 0 saturated heterocycles. The molecule has 0 aliphatic carbocycles. The van der Waals surface area contributed by atoms with Crippen molar-refractivity contribution >= 4 is 64.6 Å². The van der Waals surface area contributed by atoms with Crippen LogP contribution in [0.3, 0.4) is 0 Å². The molecule has 0 atom stereocenters. The molecule has 0 N–H and O–H groups in total. The third-order valence-corrected chi connectivity index (χ3v) is 5.91. The van der Waals surface area contributed by atoms with Crippen molar-refractivity contribution in [1.82, 2.24) is 0 Å². The van der Waals surface area contributed by atoms with E-state index in [9.17, 15) is 0 Å². The molecule has 0 fully saturated rings. The summed E-state index contributed by atoms with van der Waals surface area (Å²) >= 11 is 0. The summed E-state index contributed by atoms with van der Waals surface area (Å²) in [6, 6.07) is 27.1. The molecule has 0 heteroatoms. The second-order valence-electron chi connectivity index (χ2n) is 6.95. The van der Waals surface area contributed by atoms with E-state index in [1.54, 1.807) is 0 Å². The van der Waals surface area contributed by atoms with Gasteiger partial charge in [0.2, 0.25) is 0 Å². The number of benzene rings is 6. The normalized spacial score (nSPS) is 13.0. The zero-order valence-electron chi connectivity index (χ0n) is 12.9. The predicted molar refractivity (Wildman–Crippen MR) is 105 cm³/mol. The average molecular weight is 300 g/mol. The predicted octanol–water partition coefficient (Wildman–Crippen LogP) is 6.92. The van der Waals surface area contributed by atoms with E-state index in [4.69, 9.17) is 0 Å². The fourth-order valence-corrected chi connectivity index (χ4v) is 4.97. The zero-order valence-corrected chi connectivity index (χ0v) is 12.9. The monoisotopic (exact) mass is 300 g/mol. The molecule has 24 heavy (non-hydrogen) atoms. The van der Waals surface area contributed by atoms with E-state index in [1.165, 1.54) is 64.6 Å². The van der Waals surface area contributed by atoms with Gasteiger partial charge in [-0.25, -0.2) is 0 Å². The van der Waals surface area contributed by atoms with Gasteiger partial charge >= 0.3 is 0 Å². The van der Waals surface area contributed by atoms with Crippen molar-refractivity contribution in [2.24, 2.45) is 0 Å². The quantitative estimate of drug-likeness (QED) is 0.267. The zero-order chi connectivity index (χ0) is 15.4. The summed E-state index contributed by atoms with van der Waals surface area (Å²) in [6.45, 7) is 0. The number of hydrogen-bond acceptors (Lipinski definition) is 0. The van der Waals surface area contributed by atoms with Crippen molar-refractivity contribution in [2.75, 3.05) is 0 Å². The molecular weight excluding hydrogens is 288 g/mol. The maximum Gasteiger partial charge on any atom is -0.000741 e. The van der Waals surface area contributed by atoms with Crippen LogP contribution in [0.2, 0.25) is 0 Å². The first-order chi connectivity index (χ1) is 11.9. The van der Waals surface area contributed by atoms with Crippen molar-refractivity contribution in [3.05, 3.63) is 72.8 Å². The van der Waals surface area contributed by atoms with Crippen molar-refractivity contribution in [1.29, 1.82) is 0 Å². The van der Waals surface area contributed by atoms with Gasteiger partial charge in [-0.15, -0.1) is 0 Å². The Morgan fingerprint density at radius 2 is 0.667 bits per heavy atom. The van der Waals surface area contributed by atoms with Crippen LogP contribution in [-0.4, -0.2) is 0 Å². The molecule has 0 unspecified atom stereocenters. The third kappa shape index (κ3) is 1.05. The van der Waals surface area contributed by atoms with Gasteiger partial charge in [0.15, 0.2) is 0 Å². The Bertz CT molecular complexity index is 1420. The maximum atomic E-state index is 2.32. The molecule has 0 bridgehead atoms. The summed E-state index contributed by atoms with van der Waals surface area (Å²) in [4.78, 5) is 0. The van der Waals surface area contributed by atoms with Gasteiger partial charge in [0.1, 0.15) is 0 Å². The summed E-state index contributed by atoms with van der Waals surface area (Å²) in [6.07, 6.45) is 0. The van der Waals surface area contributed by atoms with Gasteiger partial charge in [-0.1, -0.05) is 72.8 Å². The Hall–Kier alpha value is -3.12. The molecule has 7 aromatic carbocycles. The van der Waals surface area contributed by atoms with Crippen molar-refractivity contribution in [3.8, 4) is 0 Å². The molecule has 0 radical (unpaired) electrons. The SMILES string of the molecule is c1ccc2c(c1)c1ccc3ccc4ccc5ccc2c2c5c4c3c12. The standard InChI is InChI=1S/C24H12/c1-2-4-17-16(3-1)18-11-9-14-7-5-13-6-8-15-10-12-19(17)24-22(15)20(13)21(14)23(18)24/h1-12H. The van der Waals surface area contributed by atoms with Crippen LogP contribution < -0.4 is 0 Å². The Morgan fingerprint density at radius 1 is 0.292 bits per heavy atom. The lowest BCUT2D eigenvalue weighted by molar-refractivity contribution is 1.83. The van der Waals surface area contributed by atoms with Gasteiger partial charge in [-0.05, 0) is 64.6 Å². The highest BCUT2D eigenvalue weighted by molar-refractivity contribution is 6.48. The maximum absolute atomic E-state index is 2.32. The molecule has 0 amide bonds. The topological polar surface area (TPSA) is 0 Å². The first-order valence-corrected chi connectivity index (χ1v) is 8.47. The Morgan fingerprint density at radius 3 is 1.12 bits per heavy atom. The van der Waals surface area contributed by atoms with Gasteiger partial charge in [0.25, 0.3) is 0 Å². The lowest BCUT2D eigenvalue weighted by Crippen LogP contribution is -1.82. The van der Waals surface area contributed by atoms with Crippen LogP contribution >= 0.6 is 0 Å². The largest absolute Gasteiger partial charge is 0.0616 e. The van der Waals surface area contributed by atoms with E-state index < -0.39 is 0 Å². The molecule has 0 nitrogen and oxygen atoms in total. The minimum Gasteiger partial charge on any atom is -0.0616 e. The number of fused-ring (bicyclic) bond motifs is 3. The van der Waals surface area contributed by atoms with Crippen molar-refractivity contribution < 1.29 is 0 Å². The fourth-order valence-electron chi connectivity index (χ4n) is 4.97. The minimum absolute atomic E-state index is 1.36. The van der Waals surface area contributed by atoms with E-state index in [0.717, 1.165) is 0 Å². The van der Waals surface area contributed by atoms with E-state index in [2.05, 4.69) is 72.8 Å². The number of hydrogen-bond donors (Lipinski definition) is 0. The third-order valence-electron chi connectivity index (χ3n) is 5.91. The van der Waals surface area contributed by atoms with Gasteiger partial charge < -0.3 is 0 Å². The van der Waals surface area contributed by atoms with Gasteiger partial charge in [0.05, 0.1) is 0 Å². The smallest absolute Gasteiger partial charge is 0.000741 e. The van der Waals surface area contributed by atoms with Crippen LogP contribution in [-0.2, 0) is 0 Å². The first-order valence-electron chi connectivity index (χ1n) is 8.47. The Labute approximate surface area is 137 Å². The van der Waals surface area contributed by atoms with Crippen LogP contribution in [0.4, 0.5) is 0 Å². The Balaban J connectivity index is 2.08. The molecule has 0 aliphatic heterocycles. The van der Waals surface area contributed by atoms with Crippen molar-refractivity contribution in [3.63, 3.8) is 0 Å². The molecule has 0 heterocycles. The van der Waals surface area contributed by atoms with E-state index in [0.29, 0.717) is 0 Å². The number of rotatable bonds is 0. The second-order valence-corrected chi connectivity index (χ2v) is 6.95. The molecule has 108 valence electrons. The summed E-state index contributed by atoms with van der Waals surface area (Å²) in [7, 11) is 0. The van der Waals surface area contributed by atoms with E-state index in [1.807, 2.05) is 0 Å². The van der Waals surface area contributed by atoms with E-state index >= 15 is 0 Å². The summed E-state index contributed by atoms with van der Waals surface area (Å²) in [5.74, 6) is 0. The van der Waals surface area contributed by atoms with Crippen LogP contribution in [0, 0.1) is 0 Å². The summed E-state index contributed by atoms with van der Waals surface area (Å²) < 4.78 is 0. The minimum atomic E-state index is 1.36. The molecule has 7 aromatic rings. The molecule has 0 spiro atoms. The molecule has 0 aliphatic rings. The fraction of sp³-hybridized carbons (Fsp3) is 0. The van der Waals surface area contributed by atoms with Crippen LogP contribution in [0.25, 0.3) is 64.6 Å². The molecule has 7 rings (SSSR count).